The van der Waals surface area contributed by atoms with Gasteiger partial charge in [-0.2, -0.15) is 25.3 Å². The topological polar surface area (TPSA) is 255 Å². The molecule has 18 nitrogen and oxygen atoms in total. The van der Waals surface area contributed by atoms with Crippen LogP contribution in [0.25, 0.3) is 17.4 Å². The molecule has 1 fully saturated rings. The van der Waals surface area contributed by atoms with Gasteiger partial charge in [-0.3, -0.25) is 23.2 Å². The molecule has 4 aliphatic rings. The summed E-state index contributed by atoms with van der Waals surface area (Å²) in [5.74, 6) is -2.12. The number of imide groups is 1. The number of carbonyl (C=O) groups excluding carboxylic acids is 3. The highest BCUT2D eigenvalue weighted by Crippen LogP contribution is 2.51. The van der Waals surface area contributed by atoms with Gasteiger partial charge in [-0.15, -0.1) is 5.06 Å². The van der Waals surface area contributed by atoms with Crippen molar-refractivity contribution in [1.82, 2.24) is 9.64 Å². The number of rotatable bonds is 19. The average Bonchev–Trinajstić information content (AvgIpc) is 3.61. The van der Waals surface area contributed by atoms with E-state index in [0.717, 1.165) is 16.5 Å². The van der Waals surface area contributed by atoms with Gasteiger partial charge in [0.1, 0.15) is 24.7 Å². The maximum atomic E-state index is 12.8. The minimum Gasteiger partial charge on any atom is -0.456 e. The van der Waals surface area contributed by atoms with Crippen LogP contribution in [0.5, 0.6) is 0 Å². The van der Waals surface area contributed by atoms with Crippen LogP contribution in [0.1, 0.15) is 89.5 Å². The lowest BCUT2D eigenvalue weighted by molar-refractivity contribution is -0.197. The van der Waals surface area contributed by atoms with Crippen LogP contribution < -0.4 is 14.8 Å². The van der Waals surface area contributed by atoms with Crippen LogP contribution in [-0.4, -0.2) is 107 Å². The average molecular weight is 937 g/mol. The molecular formula is C42H54N3O15S3+. The van der Waals surface area contributed by atoms with E-state index < -0.39 is 70.0 Å². The van der Waals surface area contributed by atoms with Gasteiger partial charge in [-0.25, -0.2) is 9.37 Å². The van der Waals surface area contributed by atoms with Crippen LogP contribution in [0.4, 0.5) is 5.69 Å². The molecule has 5 rings (SSSR count). The third-order valence-corrected chi connectivity index (χ3v) is 13.4. The second-order valence-corrected chi connectivity index (χ2v) is 21.3. The first-order valence-electron chi connectivity index (χ1n) is 20.2. The van der Waals surface area contributed by atoms with Gasteiger partial charge in [-0.1, -0.05) is 26.8 Å². The smallest absolute Gasteiger partial charge is 0.333 e. The second kappa shape index (κ2) is 19.5. The Morgan fingerprint density at radius 2 is 1.57 bits per heavy atom. The van der Waals surface area contributed by atoms with E-state index in [2.05, 4.69) is 20.8 Å². The van der Waals surface area contributed by atoms with Crippen LogP contribution in [0.2, 0.25) is 0 Å². The van der Waals surface area contributed by atoms with Gasteiger partial charge >= 0.3 is 5.97 Å². The van der Waals surface area contributed by atoms with Crippen molar-refractivity contribution in [2.24, 2.45) is 0 Å². The fourth-order valence-electron chi connectivity index (χ4n) is 7.83. The molecule has 0 radical (unpaired) electrons. The third-order valence-electron chi connectivity index (χ3n) is 10.9. The first kappa shape index (κ1) is 49.2. The summed E-state index contributed by atoms with van der Waals surface area (Å²) >= 11 is 0. The molecule has 344 valence electrons. The normalized spacial score (nSPS) is 18.6. The van der Waals surface area contributed by atoms with Crippen molar-refractivity contribution in [2.75, 3.05) is 49.8 Å². The van der Waals surface area contributed by atoms with Crippen LogP contribution >= 0.6 is 0 Å². The van der Waals surface area contributed by atoms with Gasteiger partial charge < -0.3 is 18.9 Å². The number of methoxy groups -OCH3 is 1. The van der Waals surface area contributed by atoms with Gasteiger partial charge in [0.15, 0.2) is 6.54 Å². The zero-order valence-electron chi connectivity index (χ0n) is 35.8. The molecule has 0 aromatic heterocycles. The van der Waals surface area contributed by atoms with Crippen molar-refractivity contribution in [1.29, 1.82) is 0 Å². The number of ether oxygens (including phenoxy) is 1. The summed E-state index contributed by atoms with van der Waals surface area (Å²) in [6.45, 7) is 9.09. The molecule has 21 heteroatoms. The molecule has 0 saturated carbocycles. The summed E-state index contributed by atoms with van der Waals surface area (Å²) in [4.78, 5) is 43.4. The van der Waals surface area contributed by atoms with Crippen molar-refractivity contribution in [3.05, 3.63) is 82.6 Å². The molecule has 1 aromatic rings. The molecule has 1 aromatic carbocycles. The summed E-state index contributed by atoms with van der Waals surface area (Å²) < 4.78 is 114. The highest BCUT2D eigenvalue weighted by Gasteiger charge is 2.44. The van der Waals surface area contributed by atoms with E-state index in [9.17, 15) is 53.3 Å². The maximum Gasteiger partial charge on any atom is 0.333 e. The number of amides is 2. The predicted octanol–water partition coefficient (Wildman–Crippen LogP) is 4.36. The number of anilines is 1. The lowest BCUT2D eigenvalue weighted by atomic mass is 9.77. The first-order chi connectivity index (χ1) is 29.3. The van der Waals surface area contributed by atoms with Crippen LogP contribution in [-0.2, 0) is 65.1 Å². The van der Waals surface area contributed by atoms with Crippen molar-refractivity contribution < 1.29 is 67.3 Å². The molecular weight excluding hydrogens is 883 g/mol. The molecule has 1 atom stereocenters. The second-order valence-electron chi connectivity index (χ2n) is 16.7. The molecule has 3 N–H and O–H groups in total. The number of hydrogen-bond donors (Lipinski definition) is 3. The number of nitrogens with zero attached hydrogens (tertiary/aromatic N) is 3. The number of carbonyl (C=O) groups is 3. The summed E-state index contributed by atoms with van der Waals surface area (Å²) in [7, 11) is -11.6. The van der Waals surface area contributed by atoms with E-state index in [1.807, 2.05) is 28.8 Å². The molecule has 3 heterocycles. The molecule has 2 amide bonds. The number of benzene rings is 2. The van der Waals surface area contributed by atoms with Crippen molar-refractivity contribution in [3.63, 3.8) is 0 Å². The number of hydrogen-bond acceptors (Lipinski definition) is 13. The molecule has 3 aliphatic heterocycles. The Hall–Kier alpha value is -4.77. The first-order valence-corrected chi connectivity index (χ1v) is 24.9. The van der Waals surface area contributed by atoms with Gasteiger partial charge in [0, 0.05) is 67.8 Å². The molecule has 63 heavy (non-hydrogen) atoms. The summed E-state index contributed by atoms with van der Waals surface area (Å²) in [6, 6.07) is 11.6. The van der Waals surface area contributed by atoms with Crippen molar-refractivity contribution in [2.45, 2.75) is 88.4 Å². The lowest BCUT2D eigenvalue weighted by Crippen LogP contribution is -2.34. The Kier molecular flexibility index (Phi) is 15.3. The quantitative estimate of drug-likeness (QED) is 0.0858. The monoisotopic (exact) mass is 936 g/mol. The molecule has 1 unspecified atom stereocenters. The Morgan fingerprint density at radius 1 is 0.905 bits per heavy atom. The Labute approximate surface area is 367 Å². The Morgan fingerprint density at radius 3 is 2.19 bits per heavy atom. The summed E-state index contributed by atoms with van der Waals surface area (Å²) in [6.07, 6.45) is 5.20. The summed E-state index contributed by atoms with van der Waals surface area (Å²) in [5.41, 5.74) is 1.81. The van der Waals surface area contributed by atoms with E-state index in [-0.39, 0.29) is 56.9 Å². The summed E-state index contributed by atoms with van der Waals surface area (Å²) in [5, 5.41) is 1.18. The van der Waals surface area contributed by atoms with Crippen LogP contribution in [0.15, 0.2) is 69.6 Å². The number of fused-ring (bicyclic) bond motifs is 2. The van der Waals surface area contributed by atoms with Crippen LogP contribution in [0, 0.1) is 0 Å². The van der Waals surface area contributed by atoms with Gasteiger partial charge in [0.05, 0.1) is 22.5 Å². The third kappa shape index (κ3) is 12.7. The van der Waals surface area contributed by atoms with E-state index in [4.69, 9.17) is 14.0 Å². The van der Waals surface area contributed by atoms with Gasteiger partial charge in [0.25, 0.3) is 42.2 Å². The van der Waals surface area contributed by atoms with Crippen LogP contribution in [0.3, 0.4) is 0 Å². The van der Waals surface area contributed by atoms with Crippen molar-refractivity contribution >= 4 is 59.9 Å². The minimum atomic E-state index is -4.68. The number of hydroxylamine groups is 2. The number of allylic oxidation sites excluding steroid dienone is 3. The maximum absolute atomic E-state index is 12.8. The lowest BCUT2D eigenvalue weighted by Gasteiger charge is -2.30. The minimum absolute atomic E-state index is 0.0336. The Balaban J connectivity index is 1.60. The predicted molar refractivity (Wildman–Crippen MR) is 232 cm³/mol. The fraction of sp³-hybridized carbons (Fsp3) is 0.476. The van der Waals surface area contributed by atoms with E-state index in [1.165, 1.54) is 18.2 Å². The van der Waals surface area contributed by atoms with Crippen molar-refractivity contribution in [3.8, 4) is 11.3 Å². The fourth-order valence-corrected chi connectivity index (χ4v) is 9.32. The van der Waals surface area contributed by atoms with Gasteiger partial charge in [-0.05, 0) is 85.2 Å². The molecule has 1 aliphatic carbocycles. The van der Waals surface area contributed by atoms with E-state index in [0.29, 0.717) is 53.2 Å². The van der Waals surface area contributed by atoms with E-state index >= 15 is 0 Å². The standard InChI is InChI=1S/C42H53N3O15S3/c1-41(2,3)33-27-30(59-36-26-29(13-15-32(33)36)43(22-23-58-5)20-8-24-61(49,50)51)10-6-11-37-42(4,19-7-12-40(48)60-45-38(46)17-18-39(45)47)34-28-31(63(55,56)57)14-16-35(34)44(37)21-9-25-62(52,53)54/h6,10-11,13-16,26-28H,7-9,12,17-25H2,1-5H3,(H2-,49,50,51,52,53,54,55,56,57)/p+1. The van der Waals surface area contributed by atoms with E-state index in [1.54, 1.807) is 37.2 Å². The SMILES string of the molecule is COCC[N+](CCCS(=O)(=O)O)=c1ccc2c(C(C)(C)C)cc(/C=C/C=C3/N(CCCS(=O)(=O)O)c4ccc(S(=O)(=O)O)cc4C3(C)CCCC(=O)ON3C(=O)CCC3=O)oc-2c1. The zero-order chi connectivity index (χ0) is 46.5. The molecule has 0 bridgehead atoms. The Bertz CT molecular complexity index is 2670. The largest absolute Gasteiger partial charge is 0.456 e. The molecule has 1 saturated heterocycles. The highest BCUT2D eigenvalue weighted by atomic mass is 32.2. The molecule has 0 spiro atoms. The highest BCUT2D eigenvalue weighted by molar-refractivity contribution is 7.86. The zero-order valence-corrected chi connectivity index (χ0v) is 38.2. The van der Waals surface area contributed by atoms with Gasteiger partial charge in [0.2, 0.25) is 5.36 Å².